The van der Waals surface area contributed by atoms with Gasteiger partial charge in [-0.25, -0.2) is 0 Å². The smallest absolute Gasteiger partial charge is 0.221 e. The molecule has 86 valence electrons. The van der Waals surface area contributed by atoms with Gasteiger partial charge in [-0.05, 0) is 36.0 Å². The first kappa shape index (κ1) is 11.1. The van der Waals surface area contributed by atoms with Crippen LogP contribution < -0.4 is 11.1 Å². The third kappa shape index (κ3) is 2.25. The van der Waals surface area contributed by atoms with E-state index in [1.807, 2.05) is 0 Å². The van der Waals surface area contributed by atoms with Crippen LogP contribution in [0, 0.1) is 0 Å². The number of carbonyl (C=O) groups excluding carboxylic acids is 1. The van der Waals surface area contributed by atoms with E-state index in [9.17, 15) is 4.79 Å². The lowest BCUT2D eigenvalue weighted by molar-refractivity contribution is -0.120. The number of nitrogens with one attached hydrogen (secondary N) is 1. The quantitative estimate of drug-likeness (QED) is 0.803. The van der Waals surface area contributed by atoms with Crippen LogP contribution in [0.2, 0.25) is 0 Å². The molecule has 0 spiro atoms. The SMILES string of the molecule is CNC(=O)CC(N)c1ccc2c(c1)CCC2. The highest BCUT2D eigenvalue weighted by atomic mass is 16.1. The van der Waals surface area contributed by atoms with Gasteiger partial charge in [0.25, 0.3) is 0 Å². The van der Waals surface area contributed by atoms with Crippen molar-refractivity contribution in [1.29, 1.82) is 0 Å². The zero-order valence-corrected chi connectivity index (χ0v) is 9.62. The number of benzene rings is 1. The average molecular weight is 218 g/mol. The van der Waals surface area contributed by atoms with Crippen molar-refractivity contribution in [2.45, 2.75) is 31.7 Å². The number of nitrogens with two attached hydrogens (primary N) is 1. The van der Waals surface area contributed by atoms with Crippen LogP contribution in [-0.4, -0.2) is 13.0 Å². The lowest BCUT2D eigenvalue weighted by Crippen LogP contribution is -2.24. The summed E-state index contributed by atoms with van der Waals surface area (Å²) >= 11 is 0. The lowest BCUT2D eigenvalue weighted by atomic mass is 9.99. The summed E-state index contributed by atoms with van der Waals surface area (Å²) in [4.78, 5) is 11.2. The number of rotatable bonds is 3. The maximum Gasteiger partial charge on any atom is 0.221 e. The molecule has 1 atom stereocenters. The molecule has 16 heavy (non-hydrogen) atoms. The molecule has 2 rings (SSSR count). The van der Waals surface area contributed by atoms with Crippen molar-refractivity contribution >= 4 is 5.91 Å². The molecular weight excluding hydrogens is 200 g/mol. The first-order valence-electron chi connectivity index (χ1n) is 5.78. The molecule has 0 radical (unpaired) electrons. The second-order valence-corrected chi connectivity index (χ2v) is 4.37. The van der Waals surface area contributed by atoms with E-state index in [2.05, 4.69) is 23.5 Å². The Morgan fingerprint density at radius 1 is 1.44 bits per heavy atom. The zero-order chi connectivity index (χ0) is 11.5. The first-order valence-corrected chi connectivity index (χ1v) is 5.78. The van der Waals surface area contributed by atoms with Crippen LogP contribution in [0.1, 0.15) is 35.6 Å². The highest BCUT2D eigenvalue weighted by molar-refractivity contribution is 5.76. The molecule has 1 unspecified atom stereocenters. The maximum atomic E-state index is 11.2. The Labute approximate surface area is 96.0 Å². The van der Waals surface area contributed by atoms with Crippen LogP contribution in [0.3, 0.4) is 0 Å². The monoisotopic (exact) mass is 218 g/mol. The Morgan fingerprint density at radius 3 is 2.94 bits per heavy atom. The van der Waals surface area contributed by atoms with E-state index in [4.69, 9.17) is 5.73 Å². The van der Waals surface area contributed by atoms with Crippen molar-refractivity contribution in [3.05, 3.63) is 34.9 Å². The fourth-order valence-electron chi connectivity index (χ4n) is 2.24. The normalized spacial score (nSPS) is 15.6. The Balaban J connectivity index is 2.12. The molecule has 0 bridgehead atoms. The van der Waals surface area contributed by atoms with Crippen molar-refractivity contribution in [3.8, 4) is 0 Å². The summed E-state index contributed by atoms with van der Waals surface area (Å²) in [5.74, 6) is -0.00648. The van der Waals surface area contributed by atoms with Gasteiger partial charge in [0.15, 0.2) is 0 Å². The highest BCUT2D eigenvalue weighted by Gasteiger charge is 2.15. The van der Waals surface area contributed by atoms with E-state index < -0.39 is 0 Å². The summed E-state index contributed by atoms with van der Waals surface area (Å²) in [5.41, 5.74) is 9.93. The fraction of sp³-hybridized carbons (Fsp3) is 0.462. The molecule has 1 amide bonds. The van der Waals surface area contributed by atoms with Gasteiger partial charge in [-0.1, -0.05) is 18.2 Å². The summed E-state index contributed by atoms with van der Waals surface area (Å²) in [5, 5.41) is 2.60. The van der Waals surface area contributed by atoms with E-state index >= 15 is 0 Å². The van der Waals surface area contributed by atoms with Gasteiger partial charge in [0, 0.05) is 19.5 Å². The summed E-state index contributed by atoms with van der Waals surface area (Å²) in [6, 6.07) is 6.18. The molecule has 1 aliphatic carbocycles. The topological polar surface area (TPSA) is 55.1 Å². The van der Waals surface area contributed by atoms with E-state index in [1.165, 1.54) is 24.0 Å². The minimum Gasteiger partial charge on any atom is -0.359 e. The van der Waals surface area contributed by atoms with Gasteiger partial charge >= 0.3 is 0 Å². The van der Waals surface area contributed by atoms with Crippen LogP contribution in [0.4, 0.5) is 0 Å². The molecule has 3 nitrogen and oxygen atoms in total. The van der Waals surface area contributed by atoms with Crippen molar-refractivity contribution in [2.24, 2.45) is 5.73 Å². The molecule has 1 aromatic carbocycles. The Morgan fingerprint density at radius 2 is 2.19 bits per heavy atom. The highest BCUT2D eigenvalue weighted by Crippen LogP contribution is 2.25. The van der Waals surface area contributed by atoms with Gasteiger partial charge in [0.2, 0.25) is 5.91 Å². The Bertz CT molecular complexity index is 401. The Kier molecular flexibility index (Phi) is 3.25. The fourth-order valence-corrected chi connectivity index (χ4v) is 2.24. The molecule has 0 saturated heterocycles. The summed E-state index contributed by atoms with van der Waals surface area (Å²) in [6.45, 7) is 0. The number of fused-ring (bicyclic) bond motifs is 1. The number of amides is 1. The van der Waals surface area contributed by atoms with Crippen LogP contribution in [-0.2, 0) is 17.6 Å². The van der Waals surface area contributed by atoms with Gasteiger partial charge < -0.3 is 11.1 Å². The number of hydrogen-bond donors (Lipinski definition) is 2. The second-order valence-electron chi connectivity index (χ2n) is 4.37. The molecule has 3 heteroatoms. The summed E-state index contributed by atoms with van der Waals surface area (Å²) in [6.07, 6.45) is 3.93. The van der Waals surface area contributed by atoms with Gasteiger partial charge in [-0.3, -0.25) is 4.79 Å². The average Bonchev–Trinajstić information content (AvgIpc) is 2.75. The minimum atomic E-state index is -0.189. The summed E-state index contributed by atoms with van der Waals surface area (Å²) in [7, 11) is 1.64. The predicted molar refractivity (Wildman–Crippen MR) is 64.1 cm³/mol. The van der Waals surface area contributed by atoms with Crippen molar-refractivity contribution in [3.63, 3.8) is 0 Å². The first-order chi connectivity index (χ1) is 7.70. The van der Waals surface area contributed by atoms with Gasteiger partial charge in [-0.15, -0.1) is 0 Å². The molecule has 3 N–H and O–H groups in total. The van der Waals surface area contributed by atoms with Crippen LogP contribution in [0.5, 0.6) is 0 Å². The lowest BCUT2D eigenvalue weighted by Gasteiger charge is -2.12. The molecule has 1 aromatic rings. The molecule has 0 fully saturated rings. The van der Waals surface area contributed by atoms with Gasteiger partial charge in [0.1, 0.15) is 0 Å². The third-order valence-electron chi connectivity index (χ3n) is 3.23. The minimum absolute atomic E-state index is 0.00648. The van der Waals surface area contributed by atoms with Crippen LogP contribution in [0.25, 0.3) is 0 Å². The third-order valence-corrected chi connectivity index (χ3v) is 3.23. The van der Waals surface area contributed by atoms with E-state index in [0.29, 0.717) is 6.42 Å². The largest absolute Gasteiger partial charge is 0.359 e. The molecule has 0 saturated carbocycles. The van der Waals surface area contributed by atoms with Crippen molar-refractivity contribution < 1.29 is 4.79 Å². The van der Waals surface area contributed by atoms with Gasteiger partial charge in [-0.2, -0.15) is 0 Å². The molecule has 0 heterocycles. The molecule has 1 aliphatic rings. The zero-order valence-electron chi connectivity index (χ0n) is 9.62. The van der Waals surface area contributed by atoms with E-state index in [-0.39, 0.29) is 11.9 Å². The van der Waals surface area contributed by atoms with Crippen LogP contribution >= 0.6 is 0 Å². The van der Waals surface area contributed by atoms with Gasteiger partial charge in [0.05, 0.1) is 0 Å². The molecule has 0 aromatic heterocycles. The van der Waals surface area contributed by atoms with Crippen LogP contribution in [0.15, 0.2) is 18.2 Å². The number of aryl methyl sites for hydroxylation is 2. The standard InChI is InChI=1S/C13H18N2O/c1-15-13(16)8-12(14)11-6-5-9-3-2-4-10(9)7-11/h5-7,12H,2-4,8,14H2,1H3,(H,15,16). The van der Waals surface area contributed by atoms with E-state index in [1.54, 1.807) is 7.05 Å². The summed E-state index contributed by atoms with van der Waals surface area (Å²) < 4.78 is 0. The van der Waals surface area contributed by atoms with Crippen molar-refractivity contribution in [1.82, 2.24) is 5.32 Å². The molecule has 0 aliphatic heterocycles. The van der Waals surface area contributed by atoms with Crippen molar-refractivity contribution in [2.75, 3.05) is 7.05 Å². The maximum absolute atomic E-state index is 11.2. The molecular formula is C13H18N2O. The Hall–Kier alpha value is -1.35. The van der Waals surface area contributed by atoms with E-state index in [0.717, 1.165) is 12.0 Å². The number of carbonyl (C=O) groups is 1. The predicted octanol–water partition coefficient (Wildman–Crippen LogP) is 1.31. The second kappa shape index (κ2) is 4.66. The number of hydrogen-bond acceptors (Lipinski definition) is 2.